The number of amides is 1. The zero-order valence-electron chi connectivity index (χ0n) is 8.66. The molecule has 0 saturated heterocycles. The first-order valence-corrected chi connectivity index (χ1v) is 4.84. The predicted octanol–water partition coefficient (Wildman–Crippen LogP) is 0.250. The van der Waals surface area contributed by atoms with Crippen LogP contribution in [-0.4, -0.2) is 33.8 Å². The first kappa shape index (κ1) is 11.1. The Morgan fingerprint density at radius 2 is 2.29 bits per heavy atom. The van der Waals surface area contributed by atoms with E-state index in [4.69, 9.17) is 9.94 Å². The van der Waals surface area contributed by atoms with Gasteiger partial charge in [0.05, 0.1) is 0 Å². The number of carbonyl (C=O) groups excluding carboxylic acids is 1. The second-order valence-electron chi connectivity index (χ2n) is 3.35. The molecule has 0 fully saturated rings. The minimum absolute atomic E-state index is 0.0476. The Bertz CT molecular complexity index is 472. The van der Waals surface area contributed by atoms with Crippen LogP contribution in [0.15, 0.2) is 29.6 Å². The van der Waals surface area contributed by atoms with E-state index in [1.807, 2.05) is 0 Å². The predicted molar refractivity (Wildman–Crippen MR) is 57.4 cm³/mol. The summed E-state index contributed by atoms with van der Waals surface area (Å²) >= 11 is 0. The molecule has 0 radical (unpaired) electrons. The zero-order valence-corrected chi connectivity index (χ0v) is 8.66. The molecule has 0 saturated carbocycles. The van der Waals surface area contributed by atoms with E-state index in [1.54, 1.807) is 18.2 Å². The fourth-order valence-corrected chi connectivity index (χ4v) is 1.29. The number of carboxylic acids is 1. The van der Waals surface area contributed by atoms with Gasteiger partial charge >= 0.3 is 5.97 Å². The maximum absolute atomic E-state index is 11.6. The van der Waals surface area contributed by atoms with E-state index >= 15 is 0 Å². The summed E-state index contributed by atoms with van der Waals surface area (Å²) in [6.45, 7) is 0. The Hall–Kier alpha value is -2.44. The van der Waals surface area contributed by atoms with E-state index in [-0.39, 0.29) is 12.1 Å². The second kappa shape index (κ2) is 4.60. The lowest BCUT2D eigenvalue weighted by molar-refractivity contribution is -0.129. The number of aliphatic carboxylic acids is 1. The average molecular weight is 235 g/mol. The molecular formula is C10H9N3O4. The topological polar surface area (TPSA) is 101 Å². The van der Waals surface area contributed by atoms with Crippen LogP contribution in [-0.2, 0) is 14.4 Å². The van der Waals surface area contributed by atoms with Gasteiger partial charge in [0.25, 0.3) is 5.91 Å². The molecule has 0 bridgehead atoms. The summed E-state index contributed by atoms with van der Waals surface area (Å²) < 4.78 is 0. The lowest BCUT2D eigenvalue weighted by atomic mass is 10.2. The van der Waals surface area contributed by atoms with Gasteiger partial charge < -0.3 is 15.3 Å². The number of pyridine rings is 1. The van der Waals surface area contributed by atoms with Crippen molar-refractivity contribution >= 4 is 23.4 Å². The van der Waals surface area contributed by atoms with Crippen LogP contribution >= 0.6 is 0 Å². The van der Waals surface area contributed by atoms with Crippen molar-refractivity contribution in [1.82, 2.24) is 4.98 Å². The summed E-state index contributed by atoms with van der Waals surface area (Å²) in [7, 11) is 0. The van der Waals surface area contributed by atoms with Crippen LogP contribution in [0.2, 0.25) is 0 Å². The molecule has 0 spiro atoms. The number of aromatic nitrogens is 1. The Morgan fingerprint density at radius 1 is 1.47 bits per heavy atom. The number of nitrogens with zero attached hydrogens (tertiary/aromatic N) is 2. The molecule has 1 aliphatic rings. The molecule has 1 unspecified atom stereocenters. The van der Waals surface area contributed by atoms with Crippen molar-refractivity contribution in [3.8, 4) is 0 Å². The van der Waals surface area contributed by atoms with Crippen LogP contribution in [0.3, 0.4) is 0 Å². The quantitative estimate of drug-likeness (QED) is 0.782. The van der Waals surface area contributed by atoms with Gasteiger partial charge in [-0.2, -0.15) is 0 Å². The summed E-state index contributed by atoms with van der Waals surface area (Å²) in [5.74, 6) is -1.27. The van der Waals surface area contributed by atoms with Gasteiger partial charge in [-0.1, -0.05) is 11.2 Å². The highest BCUT2D eigenvalue weighted by Crippen LogP contribution is 2.12. The molecule has 1 aromatic rings. The first-order valence-electron chi connectivity index (χ1n) is 4.84. The number of carbonyl (C=O) groups is 2. The number of oxime groups is 1. The standard InChI is InChI=1S/C10H9N3O4/c14-9(12-8-3-1-2-4-11-8)7-5-6(10(15)16)13-17-7/h1-4,7H,5H2,(H,15,16)(H,11,12,14). The van der Waals surface area contributed by atoms with Crippen molar-refractivity contribution in [2.24, 2.45) is 5.16 Å². The van der Waals surface area contributed by atoms with Gasteiger partial charge in [0.1, 0.15) is 5.82 Å². The molecule has 2 rings (SSSR count). The molecule has 1 amide bonds. The fraction of sp³-hybridized carbons (Fsp3) is 0.200. The molecule has 1 aliphatic heterocycles. The highest BCUT2D eigenvalue weighted by Gasteiger charge is 2.31. The zero-order chi connectivity index (χ0) is 12.3. The smallest absolute Gasteiger partial charge is 0.353 e. The van der Waals surface area contributed by atoms with Crippen molar-refractivity contribution in [3.63, 3.8) is 0 Å². The fourth-order valence-electron chi connectivity index (χ4n) is 1.29. The number of hydrogen-bond acceptors (Lipinski definition) is 5. The molecule has 17 heavy (non-hydrogen) atoms. The van der Waals surface area contributed by atoms with E-state index in [9.17, 15) is 9.59 Å². The van der Waals surface area contributed by atoms with Gasteiger partial charge in [0.15, 0.2) is 5.71 Å². The third-order valence-electron chi connectivity index (χ3n) is 2.12. The number of carboxylic acid groups (broad SMARTS) is 1. The van der Waals surface area contributed by atoms with Crippen LogP contribution in [0.1, 0.15) is 6.42 Å². The van der Waals surface area contributed by atoms with Crippen LogP contribution in [0.25, 0.3) is 0 Å². The van der Waals surface area contributed by atoms with Crippen molar-refractivity contribution < 1.29 is 19.5 Å². The Balaban J connectivity index is 1.93. The average Bonchev–Trinajstić information content (AvgIpc) is 2.79. The molecular weight excluding hydrogens is 226 g/mol. The summed E-state index contributed by atoms with van der Waals surface area (Å²) in [5, 5.41) is 14.5. The third-order valence-corrected chi connectivity index (χ3v) is 2.12. The molecule has 88 valence electrons. The molecule has 2 N–H and O–H groups in total. The van der Waals surface area contributed by atoms with E-state index in [0.29, 0.717) is 5.82 Å². The lowest BCUT2D eigenvalue weighted by Gasteiger charge is -2.07. The van der Waals surface area contributed by atoms with Gasteiger partial charge in [-0.3, -0.25) is 4.79 Å². The lowest BCUT2D eigenvalue weighted by Crippen LogP contribution is -2.29. The monoisotopic (exact) mass is 235 g/mol. The molecule has 2 heterocycles. The molecule has 7 nitrogen and oxygen atoms in total. The highest BCUT2D eigenvalue weighted by molar-refractivity contribution is 6.36. The summed E-state index contributed by atoms with van der Waals surface area (Å²) in [4.78, 5) is 30.8. The van der Waals surface area contributed by atoms with Gasteiger partial charge in [-0.25, -0.2) is 9.78 Å². The molecule has 0 aliphatic carbocycles. The third kappa shape index (κ3) is 2.57. The van der Waals surface area contributed by atoms with Gasteiger partial charge in [-0.15, -0.1) is 0 Å². The second-order valence-corrected chi connectivity index (χ2v) is 3.35. The van der Waals surface area contributed by atoms with Crippen LogP contribution < -0.4 is 5.32 Å². The van der Waals surface area contributed by atoms with E-state index in [0.717, 1.165) is 0 Å². The van der Waals surface area contributed by atoms with E-state index in [1.165, 1.54) is 6.20 Å². The van der Waals surface area contributed by atoms with Gasteiger partial charge in [0, 0.05) is 12.6 Å². The van der Waals surface area contributed by atoms with Crippen LogP contribution in [0.5, 0.6) is 0 Å². The highest BCUT2D eigenvalue weighted by atomic mass is 16.6. The van der Waals surface area contributed by atoms with Crippen LogP contribution in [0.4, 0.5) is 5.82 Å². The number of nitrogens with one attached hydrogen (secondary N) is 1. The first-order chi connectivity index (χ1) is 8.16. The summed E-state index contributed by atoms with van der Waals surface area (Å²) in [6.07, 6.45) is 0.571. The molecule has 1 atom stereocenters. The Labute approximate surface area is 96.1 Å². The van der Waals surface area contributed by atoms with E-state index < -0.39 is 18.0 Å². The van der Waals surface area contributed by atoms with Crippen molar-refractivity contribution in [2.75, 3.05) is 5.32 Å². The maximum Gasteiger partial charge on any atom is 0.353 e. The number of rotatable bonds is 3. The van der Waals surface area contributed by atoms with Gasteiger partial charge in [-0.05, 0) is 12.1 Å². The Morgan fingerprint density at radius 3 is 2.88 bits per heavy atom. The van der Waals surface area contributed by atoms with Crippen LogP contribution in [0, 0.1) is 0 Å². The maximum atomic E-state index is 11.6. The summed E-state index contributed by atoms with van der Waals surface area (Å²) in [5.41, 5.74) is -0.161. The molecule has 1 aromatic heterocycles. The summed E-state index contributed by atoms with van der Waals surface area (Å²) in [6, 6.07) is 5.05. The van der Waals surface area contributed by atoms with Crippen molar-refractivity contribution in [2.45, 2.75) is 12.5 Å². The largest absolute Gasteiger partial charge is 0.477 e. The number of anilines is 1. The van der Waals surface area contributed by atoms with Crippen molar-refractivity contribution in [1.29, 1.82) is 0 Å². The Kier molecular flexibility index (Phi) is 2.99. The molecule has 7 heteroatoms. The van der Waals surface area contributed by atoms with E-state index in [2.05, 4.69) is 15.5 Å². The van der Waals surface area contributed by atoms with Gasteiger partial charge in [0.2, 0.25) is 6.10 Å². The molecule has 0 aromatic carbocycles. The minimum atomic E-state index is -1.18. The number of hydrogen-bond donors (Lipinski definition) is 2. The normalized spacial score (nSPS) is 18.1. The SMILES string of the molecule is O=C(O)C1=NOC(C(=O)Nc2ccccn2)C1. The van der Waals surface area contributed by atoms with Crippen molar-refractivity contribution in [3.05, 3.63) is 24.4 Å². The minimum Gasteiger partial charge on any atom is -0.477 e.